The first-order valence-electron chi connectivity index (χ1n) is 5.79. The number of hydrogen-bond acceptors (Lipinski definition) is 4. The molecule has 0 fully saturated rings. The minimum absolute atomic E-state index is 0.123. The number of hydrogen-bond donors (Lipinski definition) is 1. The Morgan fingerprint density at radius 1 is 1.12 bits per heavy atom. The molecule has 0 rings (SSSR count). The van der Waals surface area contributed by atoms with E-state index in [1.165, 1.54) is 0 Å². The van der Waals surface area contributed by atoms with E-state index >= 15 is 0 Å². The highest BCUT2D eigenvalue weighted by molar-refractivity contribution is 5.56. The summed E-state index contributed by atoms with van der Waals surface area (Å²) in [4.78, 5) is 20.4. The molecule has 0 aliphatic heterocycles. The van der Waals surface area contributed by atoms with Crippen molar-refractivity contribution in [3.8, 4) is 0 Å². The van der Waals surface area contributed by atoms with Crippen molar-refractivity contribution in [1.29, 1.82) is 0 Å². The Hall–Kier alpha value is -0.810. The van der Waals surface area contributed by atoms with E-state index in [4.69, 9.17) is 14.9 Å². The Morgan fingerprint density at radius 2 is 1.71 bits per heavy atom. The maximum atomic E-state index is 10.1. The third-order valence-corrected chi connectivity index (χ3v) is 1.84. The van der Waals surface area contributed by atoms with Crippen LogP contribution in [0.3, 0.4) is 0 Å². The molecule has 0 bridgehead atoms. The summed E-state index contributed by atoms with van der Waals surface area (Å²) < 4.78 is 4.34. The largest absolute Gasteiger partial charge is 0.505 e. The normalized spacial score (nSPS) is 12.5. The maximum Gasteiger partial charge on any atom is 0.505 e. The lowest BCUT2D eigenvalue weighted by Gasteiger charge is -2.30. The van der Waals surface area contributed by atoms with Crippen molar-refractivity contribution >= 4 is 6.16 Å². The first kappa shape index (κ1) is 16.2. The van der Waals surface area contributed by atoms with Gasteiger partial charge < -0.3 is 9.84 Å². The third-order valence-electron chi connectivity index (χ3n) is 1.84. The van der Waals surface area contributed by atoms with E-state index < -0.39 is 6.16 Å². The Bertz CT molecular complexity index is 230. The van der Waals surface area contributed by atoms with Crippen LogP contribution in [0.1, 0.15) is 47.5 Å². The van der Waals surface area contributed by atoms with Gasteiger partial charge in [-0.25, -0.2) is 14.6 Å². The fourth-order valence-electron chi connectivity index (χ4n) is 1.79. The second-order valence-electron chi connectivity index (χ2n) is 5.87. The summed E-state index contributed by atoms with van der Waals surface area (Å²) in [6, 6.07) is 0. The average molecular weight is 248 g/mol. The molecule has 0 saturated carbocycles. The highest BCUT2D eigenvalue weighted by Crippen LogP contribution is 2.29. The monoisotopic (exact) mass is 248 g/mol. The van der Waals surface area contributed by atoms with Gasteiger partial charge in [-0.3, -0.25) is 0 Å². The summed E-state index contributed by atoms with van der Waals surface area (Å²) >= 11 is 0. The van der Waals surface area contributed by atoms with Crippen molar-refractivity contribution in [1.82, 2.24) is 0 Å². The lowest BCUT2D eigenvalue weighted by molar-refractivity contribution is -0.358. The lowest BCUT2D eigenvalue weighted by Crippen LogP contribution is -2.30. The fraction of sp³-hybridized carbons (Fsp3) is 0.917. The van der Waals surface area contributed by atoms with Gasteiger partial charge in [0.25, 0.3) is 0 Å². The molecule has 0 atom stereocenters. The summed E-state index contributed by atoms with van der Waals surface area (Å²) in [7, 11) is 0. The van der Waals surface area contributed by atoms with Crippen LogP contribution in [-0.4, -0.2) is 30.1 Å². The number of carboxylic acid groups (broad SMARTS) is 1. The van der Waals surface area contributed by atoms with Crippen LogP contribution in [0, 0.1) is 5.41 Å². The van der Waals surface area contributed by atoms with Gasteiger partial charge in [0, 0.05) is 6.42 Å². The Balaban J connectivity index is 3.62. The standard InChI is InChI=1S/C12H24O5/c1-11(2,3)9-12(4,5)17-16-8-6-7-15-10(13)14/h6-9H2,1-5H3,(H,13,14). The molecular formula is C12H24O5. The molecular weight excluding hydrogens is 224 g/mol. The van der Waals surface area contributed by atoms with Crippen LogP contribution in [0.2, 0.25) is 0 Å². The van der Waals surface area contributed by atoms with Crippen molar-refractivity contribution in [2.24, 2.45) is 5.41 Å². The molecule has 0 unspecified atom stereocenters. The van der Waals surface area contributed by atoms with Crippen molar-refractivity contribution in [2.45, 2.75) is 53.1 Å². The first-order valence-corrected chi connectivity index (χ1v) is 5.79. The molecule has 0 radical (unpaired) electrons. The zero-order valence-corrected chi connectivity index (χ0v) is 11.4. The minimum Gasteiger partial charge on any atom is -0.450 e. The SMILES string of the molecule is CC(C)(C)CC(C)(C)OOCCCOC(=O)O. The molecule has 0 saturated heterocycles. The summed E-state index contributed by atoms with van der Waals surface area (Å²) in [6.07, 6.45) is 0.0859. The van der Waals surface area contributed by atoms with E-state index in [0.717, 1.165) is 6.42 Å². The predicted octanol–water partition coefficient (Wildman–Crippen LogP) is 3.23. The van der Waals surface area contributed by atoms with Gasteiger partial charge in [-0.2, -0.15) is 0 Å². The minimum atomic E-state index is -1.26. The zero-order chi connectivity index (χ0) is 13.5. The summed E-state index contributed by atoms with van der Waals surface area (Å²) in [6.45, 7) is 10.8. The van der Waals surface area contributed by atoms with Crippen LogP contribution in [-0.2, 0) is 14.5 Å². The molecule has 0 aliphatic rings. The van der Waals surface area contributed by atoms with Crippen molar-refractivity contribution in [2.75, 3.05) is 13.2 Å². The second-order valence-corrected chi connectivity index (χ2v) is 5.87. The van der Waals surface area contributed by atoms with E-state index in [-0.39, 0.29) is 17.6 Å². The van der Waals surface area contributed by atoms with Crippen molar-refractivity contribution in [3.05, 3.63) is 0 Å². The highest BCUT2D eigenvalue weighted by Gasteiger charge is 2.27. The fourth-order valence-corrected chi connectivity index (χ4v) is 1.79. The molecule has 0 aromatic rings. The Kier molecular flexibility index (Phi) is 6.49. The molecule has 0 spiro atoms. The number of rotatable bonds is 7. The van der Waals surface area contributed by atoms with E-state index in [1.807, 2.05) is 13.8 Å². The predicted molar refractivity (Wildman–Crippen MR) is 63.8 cm³/mol. The first-order chi connectivity index (χ1) is 7.62. The van der Waals surface area contributed by atoms with Gasteiger partial charge in [-0.1, -0.05) is 20.8 Å². The molecule has 5 heteroatoms. The van der Waals surface area contributed by atoms with Gasteiger partial charge in [0.15, 0.2) is 0 Å². The third kappa shape index (κ3) is 11.5. The van der Waals surface area contributed by atoms with Crippen LogP contribution in [0.4, 0.5) is 4.79 Å². The van der Waals surface area contributed by atoms with E-state index in [1.54, 1.807) is 0 Å². The van der Waals surface area contributed by atoms with Gasteiger partial charge in [0.2, 0.25) is 0 Å². The van der Waals surface area contributed by atoms with Crippen LogP contribution in [0.25, 0.3) is 0 Å². The van der Waals surface area contributed by atoms with Crippen LogP contribution < -0.4 is 0 Å². The molecule has 0 aromatic heterocycles. The molecule has 102 valence electrons. The average Bonchev–Trinajstić information content (AvgIpc) is 2.06. The highest BCUT2D eigenvalue weighted by atomic mass is 17.2. The molecule has 0 heterocycles. The quantitative estimate of drug-likeness (QED) is 0.324. The molecule has 0 aliphatic carbocycles. The van der Waals surface area contributed by atoms with Gasteiger partial charge in [0.1, 0.15) is 0 Å². The second kappa shape index (κ2) is 6.81. The van der Waals surface area contributed by atoms with Gasteiger partial charge in [-0.15, -0.1) is 0 Å². The summed E-state index contributed by atoms with van der Waals surface area (Å²) in [5, 5.41) is 8.23. The molecule has 0 aromatic carbocycles. The molecule has 1 N–H and O–H groups in total. The topological polar surface area (TPSA) is 65.0 Å². The number of carbonyl (C=O) groups is 1. The number of ether oxygens (including phenoxy) is 1. The smallest absolute Gasteiger partial charge is 0.450 e. The molecule has 0 amide bonds. The zero-order valence-electron chi connectivity index (χ0n) is 11.4. The van der Waals surface area contributed by atoms with E-state index in [0.29, 0.717) is 13.0 Å². The Labute approximate surface area is 103 Å². The van der Waals surface area contributed by atoms with E-state index in [9.17, 15) is 4.79 Å². The van der Waals surface area contributed by atoms with Crippen LogP contribution in [0.5, 0.6) is 0 Å². The lowest BCUT2D eigenvalue weighted by atomic mass is 9.84. The van der Waals surface area contributed by atoms with Gasteiger partial charge >= 0.3 is 6.16 Å². The molecule has 5 nitrogen and oxygen atoms in total. The summed E-state index contributed by atoms with van der Waals surface area (Å²) in [5.41, 5.74) is -0.189. The Morgan fingerprint density at radius 3 is 2.18 bits per heavy atom. The molecule has 17 heavy (non-hydrogen) atoms. The van der Waals surface area contributed by atoms with E-state index in [2.05, 4.69) is 25.5 Å². The van der Waals surface area contributed by atoms with Gasteiger partial charge in [0.05, 0.1) is 18.8 Å². The van der Waals surface area contributed by atoms with Crippen molar-refractivity contribution < 1.29 is 24.4 Å². The van der Waals surface area contributed by atoms with Crippen LogP contribution in [0.15, 0.2) is 0 Å². The van der Waals surface area contributed by atoms with Gasteiger partial charge in [-0.05, 0) is 25.7 Å². The maximum absolute atomic E-state index is 10.1. The van der Waals surface area contributed by atoms with Crippen LogP contribution >= 0.6 is 0 Å². The van der Waals surface area contributed by atoms with Crippen molar-refractivity contribution in [3.63, 3.8) is 0 Å². The summed E-state index contributed by atoms with van der Waals surface area (Å²) in [5.74, 6) is 0.